The third-order valence-electron chi connectivity index (χ3n) is 2.72. The van der Waals surface area contributed by atoms with E-state index in [4.69, 9.17) is 23.2 Å². The zero-order valence-electron chi connectivity index (χ0n) is 10.3. The lowest BCUT2D eigenvalue weighted by Crippen LogP contribution is -2.24. The Morgan fingerprint density at radius 3 is 2.95 bits per heavy atom. The van der Waals surface area contributed by atoms with Crippen LogP contribution in [0.25, 0.3) is 5.65 Å². The molecule has 21 heavy (non-hydrogen) atoms. The molecule has 1 amide bonds. The van der Waals surface area contributed by atoms with Crippen molar-refractivity contribution < 1.29 is 4.79 Å². The smallest absolute Gasteiger partial charge is 0.293 e. The molecule has 0 fully saturated rings. The molecule has 2 N–H and O–H groups in total. The number of H-pyrrole nitrogens is 1. The fourth-order valence-electron chi connectivity index (χ4n) is 1.76. The lowest BCUT2D eigenvalue weighted by molar-refractivity contribution is 0.0950. The lowest BCUT2D eigenvalue weighted by Gasteiger charge is -2.02. The number of rotatable bonds is 3. The van der Waals surface area contributed by atoms with Crippen LogP contribution in [0.15, 0.2) is 23.3 Å². The zero-order valence-corrected chi connectivity index (χ0v) is 12.6. The number of aromatic nitrogens is 4. The summed E-state index contributed by atoms with van der Waals surface area (Å²) in [6.07, 6.45) is 3.08. The van der Waals surface area contributed by atoms with E-state index < -0.39 is 0 Å². The summed E-state index contributed by atoms with van der Waals surface area (Å²) in [7, 11) is 0. The molecule has 0 aliphatic carbocycles. The molecular weight excluding hydrogens is 337 g/mol. The molecule has 108 valence electrons. The second kappa shape index (κ2) is 5.47. The van der Waals surface area contributed by atoms with Gasteiger partial charge in [-0.15, -0.1) is 21.5 Å². The zero-order chi connectivity index (χ0) is 15.0. The Labute approximate surface area is 131 Å². The first-order valence-electron chi connectivity index (χ1n) is 5.70. The first-order chi connectivity index (χ1) is 10.1. The van der Waals surface area contributed by atoms with Gasteiger partial charge in [-0.25, -0.2) is 0 Å². The average molecular weight is 344 g/mol. The quantitative estimate of drug-likeness (QED) is 0.757. The Morgan fingerprint density at radius 2 is 2.24 bits per heavy atom. The number of carbonyl (C=O) groups excluding carboxylic acids is 1. The van der Waals surface area contributed by atoms with Crippen molar-refractivity contribution in [3.63, 3.8) is 0 Å². The highest BCUT2D eigenvalue weighted by Gasteiger charge is 2.15. The Bertz CT molecular complexity index is 884. The van der Waals surface area contributed by atoms with E-state index in [1.54, 1.807) is 6.20 Å². The topological polar surface area (TPSA) is 92.2 Å². The highest BCUT2D eigenvalue weighted by atomic mass is 35.5. The molecule has 7 nitrogen and oxygen atoms in total. The minimum Gasteiger partial charge on any atom is -0.345 e. The third kappa shape index (κ3) is 2.65. The summed E-state index contributed by atoms with van der Waals surface area (Å²) in [4.78, 5) is 26.0. The first kappa shape index (κ1) is 14.1. The number of nitrogens with one attached hydrogen (secondary N) is 2. The SMILES string of the molecule is O=C(NCc1nnc2c(=O)[nH]ccn12)c1cc(Cl)sc1Cl. The molecule has 3 rings (SSSR count). The van der Waals surface area contributed by atoms with Gasteiger partial charge in [0.2, 0.25) is 5.65 Å². The van der Waals surface area contributed by atoms with Gasteiger partial charge in [0.05, 0.1) is 16.4 Å². The summed E-state index contributed by atoms with van der Waals surface area (Å²) >= 11 is 12.8. The number of hydrogen-bond acceptors (Lipinski definition) is 5. The van der Waals surface area contributed by atoms with Crippen LogP contribution >= 0.6 is 34.5 Å². The van der Waals surface area contributed by atoms with E-state index in [-0.39, 0.29) is 23.7 Å². The second-order valence-corrected chi connectivity index (χ2v) is 6.31. The van der Waals surface area contributed by atoms with Gasteiger partial charge in [0.1, 0.15) is 4.34 Å². The molecule has 3 aromatic heterocycles. The minimum atomic E-state index is -0.371. The summed E-state index contributed by atoms with van der Waals surface area (Å²) in [5.74, 6) is 0.0617. The van der Waals surface area contributed by atoms with Crippen LogP contribution in [-0.2, 0) is 6.54 Å². The van der Waals surface area contributed by atoms with Crippen LogP contribution in [0.3, 0.4) is 0 Å². The minimum absolute atomic E-state index is 0.104. The predicted molar refractivity (Wildman–Crippen MR) is 79.1 cm³/mol. The summed E-state index contributed by atoms with van der Waals surface area (Å²) in [5, 5.41) is 10.3. The van der Waals surface area contributed by atoms with Gasteiger partial charge in [0.15, 0.2) is 5.82 Å². The van der Waals surface area contributed by atoms with E-state index in [0.29, 0.717) is 20.1 Å². The normalized spacial score (nSPS) is 11.0. The number of thiophene rings is 1. The van der Waals surface area contributed by atoms with Gasteiger partial charge < -0.3 is 10.3 Å². The van der Waals surface area contributed by atoms with Crippen LogP contribution in [0.1, 0.15) is 16.2 Å². The maximum Gasteiger partial charge on any atom is 0.293 e. The monoisotopic (exact) mass is 343 g/mol. The molecular formula is C11H7Cl2N5O2S. The highest BCUT2D eigenvalue weighted by Crippen LogP contribution is 2.30. The molecule has 3 aromatic rings. The van der Waals surface area contributed by atoms with E-state index in [1.807, 2.05) is 0 Å². The fourth-order valence-corrected chi connectivity index (χ4v) is 3.22. The lowest BCUT2D eigenvalue weighted by atomic mass is 10.3. The molecule has 0 atom stereocenters. The van der Waals surface area contributed by atoms with Crippen molar-refractivity contribution >= 4 is 46.1 Å². The first-order valence-corrected chi connectivity index (χ1v) is 7.28. The van der Waals surface area contributed by atoms with Gasteiger partial charge in [0, 0.05) is 12.4 Å². The van der Waals surface area contributed by atoms with Crippen molar-refractivity contribution in [2.24, 2.45) is 0 Å². The number of aromatic amines is 1. The van der Waals surface area contributed by atoms with Crippen LogP contribution in [0, 0.1) is 0 Å². The second-order valence-electron chi connectivity index (χ2n) is 4.02. The Balaban J connectivity index is 1.81. The number of hydrogen-bond donors (Lipinski definition) is 2. The number of halogens is 2. The van der Waals surface area contributed by atoms with Gasteiger partial charge in [-0.3, -0.25) is 14.0 Å². The Hall–Kier alpha value is -1.90. The average Bonchev–Trinajstić information content (AvgIpc) is 3.00. The van der Waals surface area contributed by atoms with Crippen molar-refractivity contribution in [1.82, 2.24) is 24.9 Å². The molecule has 0 radical (unpaired) electrons. The maximum absolute atomic E-state index is 12.0. The van der Waals surface area contributed by atoms with Crippen molar-refractivity contribution in [1.29, 1.82) is 0 Å². The predicted octanol–water partition coefficient (Wildman–Crippen LogP) is 1.72. The summed E-state index contributed by atoms with van der Waals surface area (Å²) in [5.41, 5.74) is 0.118. The maximum atomic E-state index is 12.0. The molecule has 3 heterocycles. The van der Waals surface area contributed by atoms with Crippen LogP contribution in [0.4, 0.5) is 0 Å². The summed E-state index contributed by atoms with van der Waals surface area (Å²) in [6, 6.07) is 1.50. The highest BCUT2D eigenvalue weighted by molar-refractivity contribution is 7.20. The number of nitrogens with zero attached hydrogens (tertiary/aromatic N) is 3. The van der Waals surface area contributed by atoms with Gasteiger partial charge >= 0.3 is 0 Å². The molecule has 0 aromatic carbocycles. The standard InChI is InChI=1S/C11H7Cl2N5O2S/c12-6-3-5(8(13)21-6)10(19)15-4-7-16-17-9-11(20)14-1-2-18(7)9/h1-3H,4H2,(H,14,20)(H,15,19). The van der Waals surface area contributed by atoms with Gasteiger partial charge in [0.25, 0.3) is 11.5 Å². The third-order valence-corrected chi connectivity index (χ3v) is 4.20. The molecule has 0 saturated heterocycles. The van der Waals surface area contributed by atoms with E-state index in [1.165, 1.54) is 16.7 Å². The van der Waals surface area contributed by atoms with Crippen LogP contribution in [0.2, 0.25) is 8.67 Å². The number of amides is 1. The van der Waals surface area contributed by atoms with Crippen LogP contribution in [-0.4, -0.2) is 25.5 Å². The van der Waals surface area contributed by atoms with Crippen molar-refractivity contribution in [2.45, 2.75) is 6.54 Å². The molecule has 0 aliphatic rings. The van der Waals surface area contributed by atoms with Crippen molar-refractivity contribution in [3.8, 4) is 0 Å². The van der Waals surface area contributed by atoms with E-state index in [0.717, 1.165) is 11.3 Å². The van der Waals surface area contributed by atoms with Crippen LogP contribution in [0.5, 0.6) is 0 Å². The summed E-state index contributed by atoms with van der Waals surface area (Å²) in [6.45, 7) is 0.104. The molecule has 10 heteroatoms. The van der Waals surface area contributed by atoms with E-state index >= 15 is 0 Å². The molecule has 0 spiro atoms. The Morgan fingerprint density at radius 1 is 1.43 bits per heavy atom. The molecule has 0 aliphatic heterocycles. The largest absolute Gasteiger partial charge is 0.345 e. The van der Waals surface area contributed by atoms with Crippen molar-refractivity contribution in [2.75, 3.05) is 0 Å². The Kier molecular flexibility index (Phi) is 3.66. The molecule has 0 saturated carbocycles. The van der Waals surface area contributed by atoms with Gasteiger partial charge in [-0.05, 0) is 6.07 Å². The van der Waals surface area contributed by atoms with E-state index in [2.05, 4.69) is 20.5 Å². The summed E-state index contributed by atoms with van der Waals surface area (Å²) < 4.78 is 2.26. The van der Waals surface area contributed by atoms with Gasteiger partial charge in [-0.2, -0.15) is 0 Å². The number of fused-ring (bicyclic) bond motifs is 1. The number of carbonyl (C=O) groups is 1. The fraction of sp³-hybridized carbons (Fsp3) is 0.0909. The van der Waals surface area contributed by atoms with Crippen molar-refractivity contribution in [3.05, 3.63) is 48.9 Å². The molecule has 0 unspecified atom stereocenters. The van der Waals surface area contributed by atoms with Gasteiger partial charge in [-0.1, -0.05) is 23.2 Å². The van der Waals surface area contributed by atoms with E-state index in [9.17, 15) is 9.59 Å². The molecule has 0 bridgehead atoms. The van der Waals surface area contributed by atoms with Crippen LogP contribution < -0.4 is 10.9 Å².